The third-order valence-electron chi connectivity index (χ3n) is 2.27. The molecule has 1 heterocycles. The number of nitrogens with zero attached hydrogens (tertiary/aromatic N) is 2. The molecule has 1 N–H and O–H groups in total. The van der Waals surface area contributed by atoms with Crippen LogP contribution in [0.1, 0.15) is 11.1 Å². The number of hydrogen-bond acceptors (Lipinski definition) is 3. The van der Waals surface area contributed by atoms with Gasteiger partial charge in [0, 0.05) is 36.6 Å². The molecule has 2 aromatic rings. The second kappa shape index (κ2) is 5.45. The van der Waals surface area contributed by atoms with Crippen molar-refractivity contribution in [3.8, 4) is 0 Å². The Hall–Kier alpha value is -1.88. The predicted molar refractivity (Wildman–Crippen MR) is 58.9 cm³/mol. The van der Waals surface area contributed by atoms with E-state index in [1.807, 2.05) is 0 Å². The Morgan fingerprint density at radius 2 is 1.82 bits per heavy atom. The van der Waals surface area contributed by atoms with Crippen LogP contribution in [0.25, 0.3) is 0 Å². The minimum absolute atomic E-state index is 0.262. The second-order valence-corrected chi connectivity index (χ2v) is 3.59. The molecule has 88 valence electrons. The summed E-state index contributed by atoms with van der Waals surface area (Å²) in [4.78, 5) is 7.71. The highest BCUT2D eigenvalue weighted by molar-refractivity contribution is 5.18. The normalized spacial score (nSPS) is 10.5. The van der Waals surface area contributed by atoms with Gasteiger partial charge in [-0.2, -0.15) is 0 Å². The highest BCUT2D eigenvalue weighted by atomic mass is 19.1. The first kappa shape index (κ1) is 11.6. The quantitative estimate of drug-likeness (QED) is 0.881. The fourth-order valence-corrected chi connectivity index (χ4v) is 1.44. The average molecular weight is 235 g/mol. The van der Waals surface area contributed by atoms with Crippen molar-refractivity contribution in [3.05, 3.63) is 59.7 Å². The van der Waals surface area contributed by atoms with Crippen LogP contribution in [0, 0.1) is 11.6 Å². The first-order chi connectivity index (χ1) is 8.25. The van der Waals surface area contributed by atoms with Crippen molar-refractivity contribution < 1.29 is 8.78 Å². The molecule has 0 spiro atoms. The number of halogens is 2. The predicted octanol–water partition coefficient (Wildman–Crippen LogP) is 2.04. The maximum Gasteiger partial charge on any atom is 0.127 e. The number of benzene rings is 1. The highest BCUT2D eigenvalue weighted by Crippen LogP contribution is 2.09. The molecular weight excluding hydrogens is 224 g/mol. The van der Waals surface area contributed by atoms with Gasteiger partial charge in [0.1, 0.15) is 18.0 Å². The maximum absolute atomic E-state index is 13.3. The summed E-state index contributed by atoms with van der Waals surface area (Å²) in [5.74, 6) is -0.852. The molecule has 0 aliphatic heterocycles. The molecule has 3 nitrogen and oxygen atoms in total. The van der Waals surface area contributed by atoms with Gasteiger partial charge in [0.05, 0.1) is 0 Å². The molecule has 17 heavy (non-hydrogen) atoms. The summed E-state index contributed by atoms with van der Waals surface area (Å²) >= 11 is 0. The maximum atomic E-state index is 13.3. The molecule has 0 amide bonds. The Bertz CT molecular complexity index is 488. The number of nitrogens with one attached hydrogen (secondary N) is 1. The van der Waals surface area contributed by atoms with Gasteiger partial charge >= 0.3 is 0 Å². The van der Waals surface area contributed by atoms with Gasteiger partial charge in [-0.25, -0.2) is 18.7 Å². The van der Waals surface area contributed by atoms with Crippen LogP contribution < -0.4 is 5.32 Å². The summed E-state index contributed by atoms with van der Waals surface area (Å²) < 4.78 is 26.1. The van der Waals surface area contributed by atoms with Crippen LogP contribution in [0.15, 0.2) is 36.9 Å². The van der Waals surface area contributed by atoms with E-state index in [2.05, 4.69) is 15.3 Å². The van der Waals surface area contributed by atoms with Gasteiger partial charge in [-0.1, -0.05) is 0 Å². The molecule has 0 radical (unpaired) electrons. The van der Waals surface area contributed by atoms with Crippen molar-refractivity contribution in [1.82, 2.24) is 15.3 Å². The Morgan fingerprint density at radius 1 is 1.06 bits per heavy atom. The van der Waals surface area contributed by atoms with Crippen molar-refractivity contribution >= 4 is 0 Å². The van der Waals surface area contributed by atoms with E-state index in [0.717, 1.165) is 17.7 Å². The van der Waals surface area contributed by atoms with Gasteiger partial charge in [0.2, 0.25) is 0 Å². The molecule has 2 rings (SSSR count). The monoisotopic (exact) mass is 235 g/mol. The van der Waals surface area contributed by atoms with Gasteiger partial charge in [-0.05, 0) is 18.2 Å². The summed E-state index contributed by atoms with van der Waals surface area (Å²) in [6.07, 6.45) is 4.78. The van der Waals surface area contributed by atoms with Crippen LogP contribution >= 0.6 is 0 Å². The van der Waals surface area contributed by atoms with Gasteiger partial charge < -0.3 is 5.32 Å². The first-order valence-electron chi connectivity index (χ1n) is 5.14. The van der Waals surface area contributed by atoms with Crippen molar-refractivity contribution in [2.24, 2.45) is 0 Å². The number of rotatable bonds is 4. The highest BCUT2D eigenvalue weighted by Gasteiger charge is 2.03. The standard InChI is InChI=1S/C12H11F2N3/c13-11-1-2-12(14)10(3-11)7-15-4-9-5-16-8-17-6-9/h1-3,5-6,8,15H,4,7H2. The van der Waals surface area contributed by atoms with E-state index in [9.17, 15) is 8.78 Å². The molecule has 0 saturated carbocycles. The average Bonchev–Trinajstić information content (AvgIpc) is 2.35. The summed E-state index contributed by atoms with van der Waals surface area (Å²) in [5, 5.41) is 3.00. The van der Waals surface area contributed by atoms with Crippen molar-refractivity contribution in [3.63, 3.8) is 0 Å². The molecule has 5 heteroatoms. The van der Waals surface area contributed by atoms with Gasteiger partial charge in [0.25, 0.3) is 0 Å². The van der Waals surface area contributed by atoms with E-state index in [4.69, 9.17) is 0 Å². The van der Waals surface area contributed by atoms with E-state index in [0.29, 0.717) is 12.1 Å². The summed E-state index contributed by atoms with van der Waals surface area (Å²) in [6.45, 7) is 0.773. The van der Waals surface area contributed by atoms with Crippen LogP contribution in [0.3, 0.4) is 0 Å². The van der Waals surface area contributed by atoms with Crippen LogP contribution in [0.4, 0.5) is 8.78 Å². The Morgan fingerprint density at radius 3 is 2.59 bits per heavy atom. The topological polar surface area (TPSA) is 37.8 Å². The van der Waals surface area contributed by atoms with Crippen molar-refractivity contribution in [1.29, 1.82) is 0 Å². The molecular formula is C12H11F2N3. The number of aromatic nitrogens is 2. The zero-order valence-electron chi connectivity index (χ0n) is 9.03. The molecule has 0 aliphatic rings. The third kappa shape index (κ3) is 3.29. The summed E-state index contributed by atoms with van der Waals surface area (Å²) in [7, 11) is 0. The van der Waals surface area contributed by atoms with Gasteiger partial charge in [-0.15, -0.1) is 0 Å². The fraction of sp³-hybridized carbons (Fsp3) is 0.167. The van der Waals surface area contributed by atoms with Gasteiger partial charge in [-0.3, -0.25) is 0 Å². The molecule has 1 aromatic carbocycles. The molecule has 1 aromatic heterocycles. The molecule has 0 unspecified atom stereocenters. The van der Waals surface area contributed by atoms with Crippen LogP contribution in [-0.4, -0.2) is 9.97 Å². The molecule has 0 fully saturated rings. The molecule has 0 atom stereocenters. The summed E-state index contributed by atoms with van der Waals surface area (Å²) in [5.41, 5.74) is 1.20. The van der Waals surface area contributed by atoms with Crippen LogP contribution in [0.5, 0.6) is 0 Å². The fourth-order valence-electron chi connectivity index (χ4n) is 1.44. The zero-order chi connectivity index (χ0) is 12.1. The van der Waals surface area contributed by atoms with Crippen molar-refractivity contribution in [2.75, 3.05) is 0 Å². The number of hydrogen-bond donors (Lipinski definition) is 1. The summed E-state index contributed by atoms with van der Waals surface area (Å²) in [6, 6.07) is 3.41. The van der Waals surface area contributed by atoms with E-state index in [1.165, 1.54) is 12.4 Å². The minimum Gasteiger partial charge on any atom is -0.308 e. The van der Waals surface area contributed by atoms with E-state index < -0.39 is 11.6 Å². The second-order valence-electron chi connectivity index (χ2n) is 3.59. The zero-order valence-corrected chi connectivity index (χ0v) is 9.03. The lowest BCUT2D eigenvalue weighted by Gasteiger charge is -2.05. The Kier molecular flexibility index (Phi) is 3.72. The smallest absolute Gasteiger partial charge is 0.127 e. The molecule has 0 bridgehead atoms. The Balaban J connectivity index is 1.92. The Labute approximate surface area is 97.5 Å². The van der Waals surface area contributed by atoms with Gasteiger partial charge in [0.15, 0.2) is 0 Å². The minimum atomic E-state index is -0.439. The van der Waals surface area contributed by atoms with Crippen molar-refractivity contribution in [2.45, 2.75) is 13.1 Å². The third-order valence-corrected chi connectivity index (χ3v) is 2.27. The van der Waals surface area contributed by atoms with E-state index in [-0.39, 0.29) is 6.54 Å². The molecule has 0 aliphatic carbocycles. The lowest BCUT2D eigenvalue weighted by molar-refractivity contribution is 0.568. The van der Waals surface area contributed by atoms with E-state index >= 15 is 0 Å². The largest absolute Gasteiger partial charge is 0.308 e. The first-order valence-corrected chi connectivity index (χ1v) is 5.14. The molecule has 0 saturated heterocycles. The lowest BCUT2D eigenvalue weighted by atomic mass is 10.2. The van der Waals surface area contributed by atoms with Crippen LogP contribution in [0.2, 0.25) is 0 Å². The van der Waals surface area contributed by atoms with E-state index in [1.54, 1.807) is 12.4 Å². The van der Waals surface area contributed by atoms with Crippen LogP contribution in [-0.2, 0) is 13.1 Å². The SMILES string of the molecule is Fc1ccc(F)c(CNCc2cncnc2)c1. The lowest BCUT2D eigenvalue weighted by Crippen LogP contribution is -2.14.